The summed E-state index contributed by atoms with van der Waals surface area (Å²) in [5, 5.41) is 5.14. The summed E-state index contributed by atoms with van der Waals surface area (Å²) in [7, 11) is 0. The lowest BCUT2D eigenvalue weighted by Gasteiger charge is -2.22. The van der Waals surface area contributed by atoms with Gasteiger partial charge in [0.2, 0.25) is 0 Å². The van der Waals surface area contributed by atoms with Crippen molar-refractivity contribution < 1.29 is 9.13 Å². The van der Waals surface area contributed by atoms with Crippen molar-refractivity contribution in [2.45, 2.75) is 44.6 Å². The molecular weight excluding hydrogens is 589 g/mol. The number of fused-ring (bicyclic) bond motifs is 1. The van der Waals surface area contributed by atoms with Gasteiger partial charge in [-0.25, -0.2) is 9.37 Å². The van der Waals surface area contributed by atoms with E-state index in [0.29, 0.717) is 23.3 Å². The Balaban J connectivity index is 1.43. The Labute approximate surface area is 225 Å². The fourth-order valence-corrected chi connectivity index (χ4v) is 5.36. The SMILES string of the molecule is O=c1c2cc(Br)ccc2nc(C2CCCCC2)n1N=Cc1ccc(OCc2ccc(F)cc2)c(Br)c1. The zero-order valence-corrected chi connectivity index (χ0v) is 22.6. The number of halogens is 3. The maximum Gasteiger partial charge on any atom is 0.282 e. The zero-order valence-electron chi connectivity index (χ0n) is 19.5. The fraction of sp³-hybridized carbons (Fsp3) is 0.250. The van der Waals surface area contributed by atoms with Crippen LogP contribution in [0.4, 0.5) is 4.39 Å². The average molecular weight is 613 g/mol. The quantitative estimate of drug-likeness (QED) is 0.211. The van der Waals surface area contributed by atoms with Crippen molar-refractivity contribution in [3.8, 4) is 5.75 Å². The molecule has 0 spiro atoms. The van der Waals surface area contributed by atoms with Gasteiger partial charge >= 0.3 is 0 Å². The van der Waals surface area contributed by atoms with Crippen molar-refractivity contribution in [3.05, 3.63) is 103 Å². The van der Waals surface area contributed by atoms with E-state index in [0.717, 1.165) is 51.6 Å². The molecule has 3 aromatic carbocycles. The standard InChI is InChI=1S/C28H24Br2FN3O2/c29-21-9-12-25-23(15-21)28(35)34(27(33-25)20-4-2-1-3-5-20)32-16-19-8-13-26(24(30)14-19)36-17-18-6-10-22(31)11-7-18/h6-16,20H,1-5,17H2. The van der Waals surface area contributed by atoms with Crippen molar-refractivity contribution in [1.29, 1.82) is 0 Å². The van der Waals surface area contributed by atoms with E-state index in [1.807, 2.05) is 30.3 Å². The molecule has 0 aliphatic heterocycles. The van der Waals surface area contributed by atoms with Gasteiger partial charge in [-0.2, -0.15) is 9.78 Å². The molecule has 4 aromatic rings. The topological polar surface area (TPSA) is 56.5 Å². The Morgan fingerprint density at radius 1 is 1.03 bits per heavy atom. The third-order valence-corrected chi connectivity index (χ3v) is 7.50. The molecule has 0 amide bonds. The second-order valence-electron chi connectivity index (χ2n) is 8.93. The molecule has 0 N–H and O–H groups in total. The lowest BCUT2D eigenvalue weighted by Crippen LogP contribution is -2.25. The van der Waals surface area contributed by atoms with E-state index < -0.39 is 0 Å². The second-order valence-corrected chi connectivity index (χ2v) is 10.7. The molecule has 0 radical (unpaired) electrons. The molecule has 1 aliphatic rings. The molecule has 0 bridgehead atoms. The Morgan fingerprint density at radius 3 is 2.56 bits per heavy atom. The highest BCUT2D eigenvalue weighted by Gasteiger charge is 2.22. The van der Waals surface area contributed by atoms with E-state index in [1.165, 1.54) is 23.2 Å². The van der Waals surface area contributed by atoms with Gasteiger partial charge in [-0.15, -0.1) is 0 Å². The van der Waals surface area contributed by atoms with Gasteiger partial charge in [0.05, 0.1) is 21.6 Å². The van der Waals surface area contributed by atoms with E-state index in [-0.39, 0.29) is 17.3 Å². The van der Waals surface area contributed by atoms with Gasteiger partial charge in [-0.3, -0.25) is 4.79 Å². The Morgan fingerprint density at radius 2 is 1.81 bits per heavy atom. The van der Waals surface area contributed by atoms with Crippen LogP contribution >= 0.6 is 31.9 Å². The summed E-state index contributed by atoms with van der Waals surface area (Å²) in [5.41, 5.74) is 2.21. The molecule has 1 saturated carbocycles. The molecule has 1 fully saturated rings. The number of ether oxygens (including phenoxy) is 1. The number of benzene rings is 3. The minimum Gasteiger partial charge on any atom is -0.488 e. The highest BCUT2D eigenvalue weighted by atomic mass is 79.9. The maximum absolute atomic E-state index is 13.5. The monoisotopic (exact) mass is 611 g/mol. The van der Waals surface area contributed by atoms with Crippen LogP contribution in [0.1, 0.15) is 55.0 Å². The highest BCUT2D eigenvalue weighted by Crippen LogP contribution is 2.32. The second kappa shape index (κ2) is 11.0. The summed E-state index contributed by atoms with van der Waals surface area (Å²) >= 11 is 7.02. The zero-order chi connectivity index (χ0) is 25.1. The van der Waals surface area contributed by atoms with Crippen LogP contribution in [-0.2, 0) is 6.61 Å². The number of hydrogen-bond acceptors (Lipinski definition) is 4. The summed E-state index contributed by atoms with van der Waals surface area (Å²) in [6, 6.07) is 17.4. The van der Waals surface area contributed by atoms with E-state index in [2.05, 4.69) is 37.0 Å². The van der Waals surface area contributed by atoms with Gasteiger partial charge in [0, 0.05) is 10.4 Å². The lowest BCUT2D eigenvalue weighted by atomic mass is 9.88. The first kappa shape index (κ1) is 24.8. The van der Waals surface area contributed by atoms with Crippen molar-refractivity contribution in [2.24, 2.45) is 5.10 Å². The van der Waals surface area contributed by atoms with E-state index in [9.17, 15) is 9.18 Å². The number of rotatable bonds is 6. The largest absolute Gasteiger partial charge is 0.488 e. The van der Waals surface area contributed by atoms with Crippen molar-refractivity contribution >= 4 is 49.0 Å². The van der Waals surface area contributed by atoms with Gasteiger partial charge < -0.3 is 4.74 Å². The van der Waals surface area contributed by atoms with Crippen LogP contribution in [0.5, 0.6) is 5.75 Å². The normalized spacial score (nSPS) is 14.5. The molecule has 5 rings (SSSR count). The molecule has 36 heavy (non-hydrogen) atoms. The molecule has 8 heteroatoms. The first-order chi connectivity index (χ1) is 17.5. The smallest absolute Gasteiger partial charge is 0.282 e. The van der Waals surface area contributed by atoms with Crippen molar-refractivity contribution in [2.75, 3.05) is 0 Å². The van der Waals surface area contributed by atoms with Gasteiger partial charge in [0.25, 0.3) is 5.56 Å². The Kier molecular flexibility index (Phi) is 7.62. The van der Waals surface area contributed by atoms with Crippen LogP contribution in [0.3, 0.4) is 0 Å². The molecule has 0 atom stereocenters. The van der Waals surface area contributed by atoms with Crippen LogP contribution in [-0.4, -0.2) is 15.9 Å². The molecule has 1 heterocycles. The van der Waals surface area contributed by atoms with Gasteiger partial charge in [0.1, 0.15) is 24.0 Å². The summed E-state index contributed by atoms with van der Waals surface area (Å²) < 4.78 is 22.0. The van der Waals surface area contributed by atoms with Crippen molar-refractivity contribution in [1.82, 2.24) is 9.66 Å². The molecule has 1 aliphatic carbocycles. The van der Waals surface area contributed by atoms with E-state index >= 15 is 0 Å². The van der Waals surface area contributed by atoms with Gasteiger partial charge in [0.15, 0.2) is 0 Å². The van der Waals surface area contributed by atoms with E-state index in [1.54, 1.807) is 24.4 Å². The molecule has 1 aromatic heterocycles. The predicted molar refractivity (Wildman–Crippen MR) is 147 cm³/mol. The summed E-state index contributed by atoms with van der Waals surface area (Å²) in [5.74, 6) is 1.33. The Hall–Kier alpha value is -2.84. The van der Waals surface area contributed by atoms with Crippen LogP contribution in [0.2, 0.25) is 0 Å². The predicted octanol–water partition coefficient (Wildman–Crippen LogP) is 7.57. The van der Waals surface area contributed by atoms with Crippen LogP contribution in [0, 0.1) is 5.82 Å². The first-order valence-electron chi connectivity index (χ1n) is 11.9. The number of aromatic nitrogens is 2. The minimum absolute atomic E-state index is 0.170. The third-order valence-electron chi connectivity index (χ3n) is 6.39. The summed E-state index contributed by atoms with van der Waals surface area (Å²) in [6.07, 6.45) is 7.18. The molecule has 5 nitrogen and oxygen atoms in total. The minimum atomic E-state index is -0.274. The lowest BCUT2D eigenvalue weighted by molar-refractivity contribution is 0.304. The highest BCUT2D eigenvalue weighted by molar-refractivity contribution is 9.10. The first-order valence-corrected chi connectivity index (χ1v) is 13.5. The van der Waals surface area contributed by atoms with Gasteiger partial charge in [-0.1, -0.05) is 47.3 Å². The molecule has 0 unspecified atom stereocenters. The van der Waals surface area contributed by atoms with E-state index in [4.69, 9.17) is 9.72 Å². The summed E-state index contributed by atoms with van der Waals surface area (Å²) in [4.78, 5) is 18.3. The molecule has 0 saturated heterocycles. The fourth-order valence-electron chi connectivity index (χ4n) is 4.48. The van der Waals surface area contributed by atoms with Crippen LogP contribution in [0.25, 0.3) is 10.9 Å². The van der Waals surface area contributed by atoms with Gasteiger partial charge in [-0.05, 0) is 88.4 Å². The molecular formula is C28H24Br2FN3O2. The maximum atomic E-state index is 13.5. The average Bonchev–Trinajstić information content (AvgIpc) is 2.89. The van der Waals surface area contributed by atoms with Crippen molar-refractivity contribution in [3.63, 3.8) is 0 Å². The van der Waals surface area contributed by atoms with Crippen LogP contribution in [0.15, 0.2) is 79.5 Å². The third kappa shape index (κ3) is 5.60. The number of hydrogen-bond donors (Lipinski definition) is 0. The number of nitrogens with zero attached hydrogens (tertiary/aromatic N) is 3. The molecule has 184 valence electrons. The van der Waals surface area contributed by atoms with Crippen LogP contribution < -0.4 is 10.3 Å². The Bertz CT molecular complexity index is 1480. The summed E-state index contributed by atoms with van der Waals surface area (Å²) in [6.45, 7) is 0.324.